The predicted molar refractivity (Wildman–Crippen MR) is 69.2 cm³/mol. The van der Waals surface area contributed by atoms with Crippen molar-refractivity contribution in [3.63, 3.8) is 0 Å². The number of nitrogens with zero attached hydrogens (tertiary/aromatic N) is 2. The van der Waals surface area contributed by atoms with Crippen LogP contribution in [0.5, 0.6) is 0 Å². The molecule has 6 heteroatoms. The zero-order valence-electron chi connectivity index (χ0n) is 11.6. The summed E-state index contributed by atoms with van der Waals surface area (Å²) in [4.78, 5) is 38.9. The molecule has 0 atom stereocenters. The Labute approximate surface area is 113 Å². The van der Waals surface area contributed by atoms with Crippen LogP contribution >= 0.6 is 0 Å². The molecule has 1 N–H and O–H groups in total. The first kappa shape index (κ1) is 14.0. The highest BCUT2D eigenvalue weighted by atomic mass is 16.2. The van der Waals surface area contributed by atoms with Gasteiger partial charge in [0.1, 0.15) is 6.54 Å². The molecular formula is C13H21N3O3. The zero-order valence-corrected chi connectivity index (χ0v) is 11.6. The zero-order chi connectivity index (χ0) is 14.0. The largest absolute Gasteiger partial charge is 0.340 e. The van der Waals surface area contributed by atoms with Crippen LogP contribution < -0.4 is 5.32 Å². The fourth-order valence-electron chi connectivity index (χ4n) is 2.52. The van der Waals surface area contributed by atoms with Crippen LogP contribution in [0.1, 0.15) is 26.7 Å². The van der Waals surface area contributed by atoms with Crippen LogP contribution in [0.25, 0.3) is 0 Å². The summed E-state index contributed by atoms with van der Waals surface area (Å²) in [7, 11) is 0. The normalized spacial score (nSPS) is 23.7. The number of hydrogen-bond donors (Lipinski definition) is 1. The second-order valence-corrected chi connectivity index (χ2v) is 5.83. The second-order valence-electron chi connectivity index (χ2n) is 5.83. The minimum atomic E-state index is -0.669. The molecular weight excluding hydrogens is 246 g/mol. The molecule has 0 spiro atoms. The molecule has 0 bridgehead atoms. The first-order valence-corrected chi connectivity index (χ1v) is 6.75. The van der Waals surface area contributed by atoms with Crippen molar-refractivity contribution in [2.45, 2.75) is 26.7 Å². The maximum Gasteiger partial charge on any atom is 0.242 e. The molecule has 106 valence electrons. The molecule has 2 fully saturated rings. The van der Waals surface area contributed by atoms with E-state index in [2.05, 4.69) is 5.32 Å². The fourth-order valence-corrected chi connectivity index (χ4v) is 2.52. The Morgan fingerprint density at radius 1 is 1.26 bits per heavy atom. The number of imide groups is 1. The van der Waals surface area contributed by atoms with Gasteiger partial charge in [0.15, 0.2) is 0 Å². The van der Waals surface area contributed by atoms with Crippen molar-refractivity contribution in [3.05, 3.63) is 0 Å². The van der Waals surface area contributed by atoms with Crippen LogP contribution in [0.2, 0.25) is 0 Å². The SMILES string of the molecule is CC1(C)CC(=O)N(CC(=O)N2CCCNCC2)C1=O. The third-order valence-corrected chi connectivity index (χ3v) is 3.70. The van der Waals surface area contributed by atoms with Gasteiger partial charge in [0.25, 0.3) is 0 Å². The van der Waals surface area contributed by atoms with Crippen LogP contribution in [0.4, 0.5) is 0 Å². The number of amides is 3. The number of nitrogens with one attached hydrogen (secondary N) is 1. The lowest BCUT2D eigenvalue weighted by atomic mass is 9.92. The Morgan fingerprint density at radius 3 is 2.63 bits per heavy atom. The molecule has 0 aromatic carbocycles. The monoisotopic (exact) mass is 267 g/mol. The van der Waals surface area contributed by atoms with Gasteiger partial charge in [0.05, 0.1) is 5.41 Å². The second kappa shape index (κ2) is 5.28. The molecule has 2 aliphatic heterocycles. The lowest BCUT2D eigenvalue weighted by Crippen LogP contribution is -2.44. The van der Waals surface area contributed by atoms with Crippen LogP contribution in [0.3, 0.4) is 0 Å². The van der Waals surface area contributed by atoms with Crippen LogP contribution in [-0.4, -0.2) is 60.2 Å². The average molecular weight is 267 g/mol. The van der Waals surface area contributed by atoms with Crippen molar-refractivity contribution in [2.24, 2.45) is 5.41 Å². The molecule has 6 nitrogen and oxygen atoms in total. The Balaban J connectivity index is 1.98. The van der Waals surface area contributed by atoms with Gasteiger partial charge in [-0.1, -0.05) is 13.8 Å². The van der Waals surface area contributed by atoms with Crippen LogP contribution in [0, 0.1) is 5.41 Å². The molecule has 0 saturated carbocycles. The molecule has 2 aliphatic rings. The van der Waals surface area contributed by atoms with E-state index < -0.39 is 5.41 Å². The summed E-state index contributed by atoms with van der Waals surface area (Å²) in [5.41, 5.74) is -0.669. The summed E-state index contributed by atoms with van der Waals surface area (Å²) in [6.07, 6.45) is 1.10. The highest BCUT2D eigenvalue weighted by molar-refractivity contribution is 6.07. The van der Waals surface area contributed by atoms with E-state index >= 15 is 0 Å². The molecule has 0 aromatic rings. The van der Waals surface area contributed by atoms with Gasteiger partial charge in [-0.05, 0) is 13.0 Å². The number of hydrogen-bond acceptors (Lipinski definition) is 4. The van der Waals surface area contributed by atoms with Gasteiger partial charge < -0.3 is 10.2 Å². The number of likely N-dealkylation sites (tertiary alicyclic amines) is 1. The van der Waals surface area contributed by atoms with Gasteiger partial charge in [-0.25, -0.2) is 0 Å². The highest BCUT2D eigenvalue weighted by Gasteiger charge is 2.45. The van der Waals surface area contributed by atoms with Gasteiger partial charge in [0.2, 0.25) is 17.7 Å². The number of carbonyl (C=O) groups excluding carboxylic acids is 3. The first-order valence-electron chi connectivity index (χ1n) is 6.75. The van der Waals surface area contributed by atoms with Crippen molar-refractivity contribution in [3.8, 4) is 0 Å². The first-order chi connectivity index (χ1) is 8.92. The molecule has 19 heavy (non-hydrogen) atoms. The van der Waals surface area contributed by atoms with E-state index in [1.165, 1.54) is 0 Å². The highest BCUT2D eigenvalue weighted by Crippen LogP contribution is 2.31. The third-order valence-electron chi connectivity index (χ3n) is 3.70. The van der Waals surface area contributed by atoms with E-state index in [1.807, 2.05) is 0 Å². The molecule has 0 aromatic heterocycles. The minimum absolute atomic E-state index is 0.110. The summed E-state index contributed by atoms with van der Waals surface area (Å²) >= 11 is 0. The van der Waals surface area contributed by atoms with E-state index in [0.29, 0.717) is 13.1 Å². The van der Waals surface area contributed by atoms with Crippen LogP contribution in [-0.2, 0) is 14.4 Å². The summed E-state index contributed by atoms with van der Waals surface area (Å²) in [5, 5.41) is 3.21. The minimum Gasteiger partial charge on any atom is -0.340 e. The molecule has 3 amide bonds. The standard InChI is InChI=1S/C13H21N3O3/c1-13(2)8-10(17)16(12(13)19)9-11(18)15-6-3-4-14-5-7-15/h14H,3-9H2,1-2H3. The van der Waals surface area contributed by atoms with E-state index in [1.54, 1.807) is 18.7 Å². The Hall–Kier alpha value is -1.43. The van der Waals surface area contributed by atoms with Gasteiger partial charge in [0, 0.05) is 26.1 Å². The molecule has 0 aliphatic carbocycles. The van der Waals surface area contributed by atoms with Gasteiger partial charge in [-0.15, -0.1) is 0 Å². The summed E-state index contributed by atoms with van der Waals surface area (Å²) in [5.74, 6) is -0.613. The van der Waals surface area contributed by atoms with E-state index in [9.17, 15) is 14.4 Å². The average Bonchev–Trinajstić information content (AvgIpc) is 2.58. The molecule has 0 radical (unpaired) electrons. The number of rotatable bonds is 2. The summed E-state index contributed by atoms with van der Waals surface area (Å²) in [6.45, 7) is 6.36. The van der Waals surface area contributed by atoms with Crippen molar-refractivity contribution in [1.29, 1.82) is 0 Å². The van der Waals surface area contributed by atoms with Gasteiger partial charge in [-0.3, -0.25) is 19.3 Å². The van der Waals surface area contributed by atoms with Crippen LogP contribution in [0.15, 0.2) is 0 Å². The Kier molecular flexibility index (Phi) is 3.89. The summed E-state index contributed by atoms with van der Waals surface area (Å²) < 4.78 is 0. The molecule has 2 rings (SSSR count). The lowest BCUT2D eigenvalue weighted by molar-refractivity contribution is -0.147. The van der Waals surface area contributed by atoms with E-state index in [0.717, 1.165) is 24.4 Å². The topological polar surface area (TPSA) is 69.7 Å². The molecule has 0 unspecified atom stereocenters. The maximum absolute atomic E-state index is 12.2. The van der Waals surface area contributed by atoms with Crippen molar-refractivity contribution >= 4 is 17.7 Å². The van der Waals surface area contributed by atoms with E-state index in [-0.39, 0.29) is 30.7 Å². The Morgan fingerprint density at radius 2 is 2.00 bits per heavy atom. The number of carbonyl (C=O) groups is 3. The third kappa shape index (κ3) is 2.94. The fraction of sp³-hybridized carbons (Fsp3) is 0.769. The summed E-state index contributed by atoms with van der Waals surface area (Å²) in [6, 6.07) is 0. The van der Waals surface area contributed by atoms with Gasteiger partial charge in [-0.2, -0.15) is 0 Å². The van der Waals surface area contributed by atoms with Crippen molar-refractivity contribution < 1.29 is 14.4 Å². The Bertz CT molecular complexity index is 398. The van der Waals surface area contributed by atoms with E-state index in [4.69, 9.17) is 0 Å². The molecule has 2 heterocycles. The van der Waals surface area contributed by atoms with Gasteiger partial charge >= 0.3 is 0 Å². The lowest BCUT2D eigenvalue weighted by Gasteiger charge is -2.23. The quantitative estimate of drug-likeness (QED) is 0.691. The van der Waals surface area contributed by atoms with Crippen molar-refractivity contribution in [2.75, 3.05) is 32.7 Å². The van der Waals surface area contributed by atoms with Crippen molar-refractivity contribution in [1.82, 2.24) is 15.1 Å². The predicted octanol–water partition coefficient (Wildman–Crippen LogP) is -0.407. The maximum atomic E-state index is 12.2. The molecule has 2 saturated heterocycles. The smallest absolute Gasteiger partial charge is 0.242 e.